The van der Waals surface area contributed by atoms with Gasteiger partial charge in [0.25, 0.3) is 0 Å². The van der Waals surface area contributed by atoms with Crippen LogP contribution in [0.1, 0.15) is 40.0 Å². The lowest BCUT2D eigenvalue weighted by molar-refractivity contribution is -0.253. The normalized spacial score (nSPS) is 37.0. The van der Waals surface area contributed by atoms with Gasteiger partial charge in [0.15, 0.2) is 5.79 Å². The van der Waals surface area contributed by atoms with E-state index in [1.807, 2.05) is 13.8 Å². The van der Waals surface area contributed by atoms with Crippen LogP contribution in [0.3, 0.4) is 0 Å². The Morgan fingerprint density at radius 2 is 1.80 bits per heavy atom. The van der Waals surface area contributed by atoms with Gasteiger partial charge in [-0.15, -0.1) is 0 Å². The summed E-state index contributed by atoms with van der Waals surface area (Å²) in [5.74, 6) is 0.416. The minimum absolute atomic E-state index is 0.378. The summed E-state index contributed by atoms with van der Waals surface area (Å²) in [6.45, 7) is 7.83. The number of ether oxygens (including phenoxy) is 2. The summed E-state index contributed by atoms with van der Waals surface area (Å²) in [5.41, 5.74) is 0. The molecule has 2 rings (SSSR count). The lowest BCUT2D eigenvalue weighted by Gasteiger charge is -2.37. The van der Waals surface area contributed by atoms with Crippen LogP contribution in [0.25, 0.3) is 0 Å². The van der Waals surface area contributed by atoms with E-state index in [0.717, 1.165) is 19.1 Å². The van der Waals surface area contributed by atoms with Crippen LogP contribution in [0.2, 0.25) is 0 Å². The average Bonchev–Trinajstić information content (AvgIpc) is 2.56. The Balaban J connectivity index is 1.77. The number of hydrogen-bond donors (Lipinski definition) is 1. The highest BCUT2D eigenvalue weighted by atomic mass is 16.7. The van der Waals surface area contributed by atoms with Gasteiger partial charge in [-0.3, -0.25) is 0 Å². The first-order valence-corrected chi connectivity index (χ1v) is 6.11. The van der Waals surface area contributed by atoms with Gasteiger partial charge in [0.2, 0.25) is 0 Å². The molecule has 0 aromatic carbocycles. The van der Waals surface area contributed by atoms with Gasteiger partial charge in [0.1, 0.15) is 0 Å². The van der Waals surface area contributed by atoms with Gasteiger partial charge in [-0.2, -0.15) is 0 Å². The van der Waals surface area contributed by atoms with Crippen molar-refractivity contribution < 1.29 is 9.47 Å². The summed E-state index contributed by atoms with van der Waals surface area (Å²) < 4.78 is 11.3. The van der Waals surface area contributed by atoms with Gasteiger partial charge in [0, 0.05) is 6.04 Å². The molecular formula is C12H23NO2. The summed E-state index contributed by atoms with van der Waals surface area (Å²) in [6.07, 6.45) is 4.03. The fraction of sp³-hybridized carbons (Fsp3) is 1.00. The molecule has 2 aliphatic rings. The fourth-order valence-corrected chi connectivity index (χ4v) is 2.48. The molecule has 1 N–H and O–H groups in total. The van der Waals surface area contributed by atoms with Crippen molar-refractivity contribution in [3.05, 3.63) is 0 Å². The summed E-state index contributed by atoms with van der Waals surface area (Å²) in [4.78, 5) is 0. The lowest BCUT2D eigenvalue weighted by atomic mass is 10.1. The Bertz CT molecular complexity index is 208. The number of nitrogens with one attached hydrogen (secondary N) is 1. The number of hydrogen-bond acceptors (Lipinski definition) is 3. The van der Waals surface area contributed by atoms with Crippen molar-refractivity contribution in [3.8, 4) is 0 Å². The zero-order chi connectivity index (χ0) is 10.9. The second kappa shape index (κ2) is 4.40. The number of rotatable bonds is 2. The summed E-state index contributed by atoms with van der Waals surface area (Å²) >= 11 is 0. The molecule has 3 heteroatoms. The van der Waals surface area contributed by atoms with Crippen molar-refractivity contribution >= 4 is 0 Å². The predicted octanol–water partition coefficient (Wildman–Crippen LogP) is 1.92. The summed E-state index contributed by atoms with van der Waals surface area (Å²) in [5, 5.41) is 3.66. The molecule has 1 aliphatic heterocycles. The molecule has 15 heavy (non-hydrogen) atoms. The van der Waals surface area contributed by atoms with E-state index in [0.29, 0.717) is 12.1 Å². The van der Waals surface area contributed by atoms with E-state index < -0.39 is 0 Å². The van der Waals surface area contributed by atoms with E-state index in [1.165, 1.54) is 19.3 Å². The van der Waals surface area contributed by atoms with E-state index in [1.54, 1.807) is 0 Å². The smallest absolute Gasteiger partial charge is 0.162 e. The van der Waals surface area contributed by atoms with Crippen LogP contribution >= 0.6 is 0 Å². The third-order valence-electron chi connectivity index (χ3n) is 3.58. The second-order valence-corrected chi connectivity index (χ2v) is 5.40. The quantitative estimate of drug-likeness (QED) is 0.760. The van der Waals surface area contributed by atoms with Crippen molar-refractivity contribution in [3.63, 3.8) is 0 Å². The summed E-state index contributed by atoms with van der Waals surface area (Å²) in [7, 11) is 0. The van der Waals surface area contributed by atoms with E-state index in [9.17, 15) is 0 Å². The van der Waals surface area contributed by atoms with E-state index in [-0.39, 0.29) is 5.79 Å². The van der Waals surface area contributed by atoms with Crippen molar-refractivity contribution in [2.24, 2.45) is 5.92 Å². The van der Waals surface area contributed by atoms with Crippen LogP contribution in [0.4, 0.5) is 0 Å². The molecule has 2 atom stereocenters. The minimum Gasteiger partial charge on any atom is -0.349 e. The van der Waals surface area contributed by atoms with Crippen molar-refractivity contribution in [1.29, 1.82) is 0 Å². The first-order valence-electron chi connectivity index (χ1n) is 6.11. The summed E-state index contributed by atoms with van der Waals surface area (Å²) in [6, 6.07) is 1.05. The monoisotopic (exact) mass is 213 g/mol. The molecule has 2 fully saturated rings. The van der Waals surface area contributed by atoms with Crippen LogP contribution in [-0.4, -0.2) is 31.1 Å². The minimum atomic E-state index is -0.389. The topological polar surface area (TPSA) is 30.5 Å². The van der Waals surface area contributed by atoms with Gasteiger partial charge in [-0.1, -0.05) is 13.3 Å². The highest BCUT2D eigenvalue weighted by molar-refractivity contribution is 4.84. The Morgan fingerprint density at radius 1 is 1.13 bits per heavy atom. The lowest BCUT2D eigenvalue weighted by Crippen LogP contribution is -2.51. The SMILES string of the molecule is CC1CCCC1NC1COC(C)(C)OC1. The zero-order valence-corrected chi connectivity index (χ0v) is 10.1. The average molecular weight is 213 g/mol. The van der Waals surface area contributed by atoms with Crippen LogP contribution in [0, 0.1) is 5.92 Å². The molecule has 88 valence electrons. The van der Waals surface area contributed by atoms with Crippen LogP contribution in [0.5, 0.6) is 0 Å². The van der Waals surface area contributed by atoms with E-state index >= 15 is 0 Å². The molecule has 1 aliphatic carbocycles. The molecule has 0 amide bonds. The largest absolute Gasteiger partial charge is 0.349 e. The van der Waals surface area contributed by atoms with Crippen LogP contribution in [-0.2, 0) is 9.47 Å². The van der Waals surface area contributed by atoms with Gasteiger partial charge in [-0.25, -0.2) is 0 Å². The Kier molecular flexibility index (Phi) is 3.33. The molecule has 1 saturated heterocycles. The Morgan fingerprint density at radius 3 is 2.33 bits per heavy atom. The third kappa shape index (κ3) is 2.92. The van der Waals surface area contributed by atoms with Crippen molar-refractivity contribution in [2.45, 2.75) is 57.9 Å². The molecule has 0 bridgehead atoms. The molecule has 1 saturated carbocycles. The maximum absolute atomic E-state index is 5.64. The Labute approximate surface area is 92.5 Å². The molecule has 1 heterocycles. The molecular weight excluding hydrogens is 190 g/mol. The standard InChI is InChI=1S/C12H23NO2/c1-9-5-4-6-11(9)13-10-7-14-12(2,3)15-8-10/h9-11,13H,4-8H2,1-3H3. The maximum Gasteiger partial charge on any atom is 0.162 e. The molecule has 0 aromatic rings. The highest BCUT2D eigenvalue weighted by Crippen LogP contribution is 2.26. The van der Waals surface area contributed by atoms with Gasteiger partial charge >= 0.3 is 0 Å². The highest BCUT2D eigenvalue weighted by Gasteiger charge is 2.31. The van der Waals surface area contributed by atoms with E-state index in [4.69, 9.17) is 9.47 Å². The molecule has 0 radical (unpaired) electrons. The first-order chi connectivity index (χ1) is 7.07. The molecule has 0 aromatic heterocycles. The Hall–Kier alpha value is -0.120. The van der Waals surface area contributed by atoms with Crippen LogP contribution in [0.15, 0.2) is 0 Å². The maximum atomic E-state index is 5.64. The van der Waals surface area contributed by atoms with Crippen molar-refractivity contribution in [2.75, 3.05) is 13.2 Å². The van der Waals surface area contributed by atoms with Crippen LogP contribution < -0.4 is 5.32 Å². The first kappa shape index (κ1) is 11.4. The van der Waals surface area contributed by atoms with Gasteiger partial charge in [-0.05, 0) is 32.6 Å². The third-order valence-corrected chi connectivity index (χ3v) is 3.58. The molecule has 3 nitrogen and oxygen atoms in total. The second-order valence-electron chi connectivity index (χ2n) is 5.40. The van der Waals surface area contributed by atoms with E-state index in [2.05, 4.69) is 12.2 Å². The molecule has 0 spiro atoms. The molecule has 2 unspecified atom stereocenters. The zero-order valence-electron chi connectivity index (χ0n) is 10.1. The van der Waals surface area contributed by atoms with Crippen molar-refractivity contribution in [1.82, 2.24) is 5.32 Å². The van der Waals surface area contributed by atoms with Gasteiger partial charge < -0.3 is 14.8 Å². The van der Waals surface area contributed by atoms with Gasteiger partial charge in [0.05, 0.1) is 19.3 Å². The fourth-order valence-electron chi connectivity index (χ4n) is 2.48. The predicted molar refractivity (Wildman–Crippen MR) is 59.7 cm³/mol.